The molecule has 1 atom stereocenters. The van der Waals surface area contributed by atoms with Crippen molar-refractivity contribution in [1.82, 2.24) is 0 Å². The smallest absolute Gasteiger partial charge is 0.350 e. The van der Waals surface area contributed by atoms with Gasteiger partial charge >= 0.3 is 5.97 Å². The molecule has 5 heteroatoms. The van der Waals surface area contributed by atoms with Gasteiger partial charge in [0.15, 0.2) is 0 Å². The molecule has 1 rings (SSSR count). The third-order valence-electron chi connectivity index (χ3n) is 3.24. The van der Waals surface area contributed by atoms with Crippen LogP contribution in [0.15, 0.2) is 6.07 Å². The summed E-state index contributed by atoms with van der Waals surface area (Å²) in [7, 11) is 1.37. The monoisotopic (exact) mass is 284 g/mol. The number of esters is 1. The van der Waals surface area contributed by atoms with E-state index in [1.807, 2.05) is 6.07 Å². The fraction of sp³-hybridized carbons (Fsp3) is 0.643. The number of nitrogen functional groups attached to an aromatic ring is 1. The number of hydrogen-bond donors (Lipinski definition) is 2. The molecule has 0 radical (unpaired) electrons. The van der Waals surface area contributed by atoms with E-state index in [1.165, 1.54) is 37.7 Å². The molecule has 0 spiro atoms. The van der Waals surface area contributed by atoms with E-state index in [1.54, 1.807) is 0 Å². The van der Waals surface area contributed by atoms with Gasteiger partial charge in [0.2, 0.25) is 0 Å². The molecule has 0 saturated carbocycles. The molecule has 0 amide bonds. The van der Waals surface area contributed by atoms with Crippen LogP contribution in [0.5, 0.6) is 0 Å². The minimum Gasteiger partial charge on any atom is -0.465 e. The Morgan fingerprint density at radius 1 is 1.53 bits per heavy atom. The summed E-state index contributed by atoms with van der Waals surface area (Å²) >= 11 is 1.36. The molecule has 0 aliphatic rings. The number of anilines is 2. The Bertz CT molecular complexity index is 404. The highest BCUT2D eigenvalue weighted by Crippen LogP contribution is 2.30. The predicted octanol–water partition coefficient (Wildman–Crippen LogP) is 3.75. The fourth-order valence-electron chi connectivity index (χ4n) is 1.93. The maximum absolute atomic E-state index is 11.5. The van der Waals surface area contributed by atoms with Gasteiger partial charge in [-0.2, -0.15) is 0 Å². The predicted molar refractivity (Wildman–Crippen MR) is 81.9 cm³/mol. The van der Waals surface area contributed by atoms with E-state index in [4.69, 9.17) is 10.5 Å². The van der Waals surface area contributed by atoms with Crippen LogP contribution in [-0.2, 0) is 4.74 Å². The van der Waals surface area contributed by atoms with Crippen LogP contribution in [0, 0.1) is 5.92 Å². The molecule has 0 aromatic carbocycles. The number of ether oxygens (including phenoxy) is 1. The molecule has 0 aliphatic carbocycles. The van der Waals surface area contributed by atoms with Crippen molar-refractivity contribution in [3.8, 4) is 0 Å². The highest BCUT2D eigenvalue weighted by molar-refractivity contribution is 7.18. The van der Waals surface area contributed by atoms with Crippen LogP contribution in [0.3, 0.4) is 0 Å². The van der Waals surface area contributed by atoms with Crippen molar-refractivity contribution in [3.63, 3.8) is 0 Å². The molecule has 108 valence electrons. The Morgan fingerprint density at radius 3 is 2.84 bits per heavy atom. The van der Waals surface area contributed by atoms with Crippen LogP contribution in [0.25, 0.3) is 0 Å². The first-order chi connectivity index (χ1) is 9.12. The van der Waals surface area contributed by atoms with Crippen molar-refractivity contribution >= 4 is 28.0 Å². The third-order valence-corrected chi connectivity index (χ3v) is 4.33. The number of thiophene rings is 1. The van der Waals surface area contributed by atoms with Gasteiger partial charge in [-0.05, 0) is 18.4 Å². The minimum absolute atomic E-state index is 0.367. The number of carbonyl (C=O) groups excluding carboxylic acids is 1. The second kappa shape index (κ2) is 8.04. The number of unbranched alkanes of at least 4 members (excludes halogenated alkanes) is 1. The average Bonchev–Trinajstić information content (AvgIpc) is 2.79. The van der Waals surface area contributed by atoms with Crippen LogP contribution < -0.4 is 11.1 Å². The second-order valence-electron chi connectivity index (χ2n) is 4.68. The summed E-state index contributed by atoms with van der Waals surface area (Å²) in [6.45, 7) is 5.35. The number of nitrogens with one attached hydrogen (secondary N) is 1. The summed E-state index contributed by atoms with van der Waals surface area (Å²) in [5.74, 6) is 0.304. The number of rotatable bonds is 8. The zero-order chi connectivity index (χ0) is 14.3. The van der Waals surface area contributed by atoms with Gasteiger partial charge in [0.25, 0.3) is 0 Å². The Balaban J connectivity index is 2.55. The Kier molecular flexibility index (Phi) is 6.70. The van der Waals surface area contributed by atoms with E-state index in [0.717, 1.165) is 18.0 Å². The molecule has 4 nitrogen and oxygen atoms in total. The van der Waals surface area contributed by atoms with Gasteiger partial charge in [0.1, 0.15) is 4.88 Å². The molecule has 19 heavy (non-hydrogen) atoms. The molecule has 0 fully saturated rings. The van der Waals surface area contributed by atoms with Crippen LogP contribution in [0.1, 0.15) is 49.2 Å². The summed E-state index contributed by atoms with van der Waals surface area (Å²) < 4.78 is 4.69. The van der Waals surface area contributed by atoms with Crippen LogP contribution in [0.2, 0.25) is 0 Å². The lowest BCUT2D eigenvalue weighted by molar-refractivity contribution is 0.0607. The van der Waals surface area contributed by atoms with Gasteiger partial charge in [-0.1, -0.05) is 33.1 Å². The van der Waals surface area contributed by atoms with Crippen molar-refractivity contribution in [1.29, 1.82) is 0 Å². The van der Waals surface area contributed by atoms with E-state index in [9.17, 15) is 4.79 Å². The molecule has 3 N–H and O–H groups in total. The molecule has 0 aliphatic heterocycles. The van der Waals surface area contributed by atoms with E-state index >= 15 is 0 Å². The van der Waals surface area contributed by atoms with Crippen LogP contribution >= 0.6 is 11.3 Å². The van der Waals surface area contributed by atoms with Crippen molar-refractivity contribution in [2.45, 2.75) is 39.5 Å². The summed E-state index contributed by atoms with van der Waals surface area (Å²) in [4.78, 5) is 11.9. The first-order valence-corrected chi connectivity index (χ1v) is 7.65. The Morgan fingerprint density at radius 2 is 2.26 bits per heavy atom. The molecule has 1 unspecified atom stereocenters. The van der Waals surface area contributed by atoms with Gasteiger partial charge in [-0.3, -0.25) is 0 Å². The SMILES string of the molecule is CCCCC(CC)CNc1cc(N)c(C(=O)OC)s1. The average molecular weight is 284 g/mol. The van der Waals surface area contributed by atoms with Crippen LogP contribution in [-0.4, -0.2) is 19.6 Å². The van der Waals surface area contributed by atoms with E-state index in [0.29, 0.717) is 16.5 Å². The van der Waals surface area contributed by atoms with Crippen LogP contribution in [0.4, 0.5) is 10.7 Å². The van der Waals surface area contributed by atoms with Crippen molar-refractivity contribution in [2.24, 2.45) is 5.92 Å². The number of methoxy groups -OCH3 is 1. The lowest BCUT2D eigenvalue weighted by atomic mass is 9.99. The summed E-state index contributed by atoms with van der Waals surface area (Å²) in [6.07, 6.45) is 4.90. The fourth-order valence-corrected chi connectivity index (χ4v) is 2.84. The Labute approximate surface area is 119 Å². The second-order valence-corrected chi connectivity index (χ2v) is 5.74. The van der Waals surface area contributed by atoms with Crippen molar-refractivity contribution in [2.75, 3.05) is 24.7 Å². The third kappa shape index (κ3) is 4.74. The molecular weight excluding hydrogens is 260 g/mol. The lowest BCUT2D eigenvalue weighted by Crippen LogP contribution is -2.12. The maximum Gasteiger partial charge on any atom is 0.350 e. The molecule has 0 saturated heterocycles. The first-order valence-electron chi connectivity index (χ1n) is 6.83. The van der Waals surface area contributed by atoms with E-state index in [-0.39, 0.29) is 5.97 Å². The minimum atomic E-state index is -0.367. The first kappa shape index (κ1) is 15.8. The largest absolute Gasteiger partial charge is 0.465 e. The topological polar surface area (TPSA) is 64.3 Å². The summed E-state index contributed by atoms with van der Waals surface area (Å²) in [6, 6.07) is 1.81. The van der Waals surface area contributed by atoms with Gasteiger partial charge in [0.05, 0.1) is 17.8 Å². The zero-order valence-electron chi connectivity index (χ0n) is 12.0. The Hall–Kier alpha value is -1.23. The molecule has 1 aromatic heterocycles. The van der Waals surface area contributed by atoms with E-state index in [2.05, 4.69) is 19.2 Å². The van der Waals surface area contributed by atoms with Gasteiger partial charge in [-0.15, -0.1) is 11.3 Å². The zero-order valence-corrected chi connectivity index (χ0v) is 12.8. The number of carbonyl (C=O) groups is 1. The molecule has 1 aromatic rings. The number of nitrogens with two attached hydrogens (primary N) is 1. The summed E-state index contributed by atoms with van der Waals surface area (Å²) in [5.41, 5.74) is 6.29. The molecule has 0 bridgehead atoms. The number of hydrogen-bond acceptors (Lipinski definition) is 5. The van der Waals surface area contributed by atoms with Crippen molar-refractivity contribution < 1.29 is 9.53 Å². The van der Waals surface area contributed by atoms with Gasteiger partial charge < -0.3 is 15.8 Å². The quantitative estimate of drug-likeness (QED) is 0.714. The highest BCUT2D eigenvalue weighted by Gasteiger charge is 2.15. The maximum atomic E-state index is 11.5. The van der Waals surface area contributed by atoms with Gasteiger partial charge in [0, 0.05) is 6.54 Å². The summed E-state index contributed by atoms with van der Waals surface area (Å²) in [5, 5.41) is 4.31. The molecule has 1 heterocycles. The van der Waals surface area contributed by atoms with E-state index < -0.39 is 0 Å². The van der Waals surface area contributed by atoms with Gasteiger partial charge in [-0.25, -0.2) is 4.79 Å². The standard InChI is InChI=1S/C14H24N2O2S/c1-4-6-7-10(5-2)9-16-12-8-11(15)13(19-12)14(17)18-3/h8,10,16H,4-7,9,15H2,1-3H3. The molecular formula is C14H24N2O2S. The highest BCUT2D eigenvalue weighted by atomic mass is 32.1. The normalized spacial score (nSPS) is 12.2. The van der Waals surface area contributed by atoms with Crippen molar-refractivity contribution in [3.05, 3.63) is 10.9 Å². The lowest BCUT2D eigenvalue weighted by Gasteiger charge is -2.14.